The standard InChI is InChI=1S/C24H30N4O3S/c1-16-6-4-8-21(17(16)2)25-22(29)15-32-24-27-26-23(18-9-11-19(30-3)12-10-18)28(24)14-20-7-5-13-31-20/h5,7,9-13,16-17,21H,4,6,8,14-15H2,1-3H3,(H,25,29). The van der Waals surface area contributed by atoms with Crippen LogP contribution in [0.15, 0.2) is 52.2 Å². The Hall–Kier alpha value is -2.74. The van der Waals surface area contributed by atoms with Crippen LogP contribution in [0.3, 0.4) is 0 Å². The number of carbonyl (C=O) groups is 1. The number of amides is 1. The molecule has 1 fully saturated rings. The Morgan fingerprint density at radius 2 is 2.03 bits per heavy atom. The molecule has 3 aromatic rings. The van der Waals surface area contributed by atoms with E-state index in [2.05, 4.69) is 29.4 Å². The Bertz CT molecular complexity index is 1020. The Morgan fingerprint density at radius 1 is 1.22 bits per heavy atom. The zero-order chi connectivity index (χ0) is 22.5. The average molecular weight is 455 g/mol. The minimum Gasteiger partial charge on any atom is -0.497 e. The molecule has 3 atom stereocenters. The number of methoxy groups -OCH3 is 1. The summed E-state index contributed by atoms with van der Waals surface area (Å²) in [7, 11) is 1.64. The van der Waals surface area contributed by atoms with Gasteiger partial charge in [0.15, 0.2) is 11.0 Å². The van der Waals surface area contributed by atoms with Crippen molar-refractivity contribution < 1.29 is 13.9 Å². The fourth-order valence-corrected chi connectivity index (χ4v) is 4.96. The van der Waals surface area contributed by atoms with Crippen molar-refractivity contribution in [2.24, 2.45) is 11.8 Å². The van der Waals surface area contributed by atoms with Crippen LogP contribution in [0.5, 0.6) is 5.75 Å². The number of aromatic nitrogens is 3. The van der Waals surface area contributed by atoms with Gasteiger partial charge in [0.05, 0.1) is 25.7 Å². The first-order valence-corrected chi connectivity index (χ1v) is 12.1. The van der Waals surface area contributed by atoms with Gasteiger partial charge < -0.3 is 14.5 Å². The zero-order valence-corrected chi connectivity index (χ0v) is 19.6. The first-order valence-electron chi connectivity index (χ1n) is 11.1. The van der Waals surface area contributed by atoms with Gasteiger partial charge in [0.1, 0.15) is 11.5 Å². The van der Waals surface area contributed by atoms with Crippen molar-refractivity contribution in [3.05, 3.63) is 48.4 Å². The Labute approximate surface area is 192 Å². The number of nitrogens with zero attached hydrogens (tertiary/aromatic N) is 3. The summed E-state index contributed by atoms with van der Waals surface area (Å²) in [5.41, 5.74) is 0.922. The Balaban J connectivity index is 1.48. The van der Waals surface area contributed by atoms with Gasteiger partial charge in [0.2, 0.25) is 5.91 Å². The van der Waals surface area contributed by atoms with Crippen LogP contribution < -0.4 is 10.1 Å². The third-order valence-electron chi connectivity index (χ3n) is 6.34. The molecule has 0 saturated heterocycles. The van der Waals surface area contributed by atoms with Crippen molar-refractivity contribution >= 4 is 17.7 Å². The highest BCUT2D eigenvalue weighted by molar-refractivity contribution is 7.99. The Morgan fingerprint density at radius 3 is 2.75 bits per heavy atom. The molecule has 3 unspecified atom stereocenters. The van der Waals surface area contributed by atoms with Crippen molar-refractivity contribution in [1.82, 2.24) is 20.1 Å². The van der Waals surface area contributed by atoms with Crippen LogP contribution in [-0.2, 0) is 11.3 Å². The van der Waals surface area contributed by atoms with Crippen molar-refractivity contribution in [1.29, 1.82) is 0 Å². The molecule has 2 aromatic heterocycles. The number of furan rings is 1. The maximum Gasteiger partial charge on any atom is 0.230 e. The minimum absolute atomic E-state index is 0.0412. The second-order valence-corrected chi connectivity index (χ2v) is 9.37. The van der Waals surface area contributed by atoms with Gasteiger partial charge in [0, 0.05) is 11.6 Å². The fraction of sp³-hybridized carbons (Fsp3) is 0.458. The van der Waals surface area contributed by atoms with E-state index in [9.17, 15) is 4.79 Å². The number of thioether (sulfide) groups is 1. The number of rotatable bonds is 8. The topological polar surface area (TPSA) is 82.2 Å². The van der Waals surface area contributed by atoms with Crippen molar-refractivity contribution in [2.45, 2.75) is 50.9 Å². The predicted octanol–water partition coefficient (Wildman–Crippen LogP) is 4.63. The third-order valence-corrected chi connectivity index (χ3v) is 7.31. The third kappa shape index (κ3) is 5.18. The summed E-state index contributed by atoms with van der Waals surface area (Å²) in [5, 5.41) is 12.7. The average Bonchev–Trinajstić information content (AvgIpc) is 3.46. The summed E-state index contributed by atoms with van der Waals surface area (Å²) < 4.78 is 12.8. The lowest BCUT2D eigenvalue weighted by atomic mass is 9.78. The lowest BCUT2D eigenvalue weighted by Crippen LogP contribution is -2.44. The van der Waals surface area contributed by atoms with E-state index in [1.807, 2.05) is 41.0 Å². The predicted molar refractivity (Wildman–Crippen MR) is 125 cm³/mol. The van der Waals surface area contributed by atoms with Gasteiger partial charge in [-0.3, -0.25) is 9.36 Å². The number of benzene rings is 1. The summed E-state index contributed by atoms with van der Waals surface area (Å²) in [6.45, 7) is 5.00. The second kappa shape index (κ2) is 10.3. The molecular weight excluding hydrogens is 424 g/mol. The van der Waals surface area contributed by atoms with Crippen LogP contribution in [-0.4, -0.2) is 39.6 Å². The molecule has 4 rings (SSSR count). The molecule has 1 aliphatic rings. The number of nitrogens with one attached hydrogen (secondary N) is 1. The van der Waals surface area contributed by atoms with E-state index in [4.69, 9.17) is 9.15 Å². The molecule has 0 aliphatic heterocycles. The lowest BCUT2D eigenvalue weighted by Gasteiger charge is -2.34. The van der Waals surface area contributed by atoms with Gasteiger partial charge in [-0.25, -0.2) is 0 Å². The monoisotopic (exact) mass is 454 g/mol. The van der Waals surface area contributed by atoms with Gasteiger partial charge in [-0.15, -0.1) is 10.2 Å². The molecule has 1 aromatic carbocycles. The Kier molecular flexibility index (Phi) is 7.19. The molecule has 1 aliphatic carbocycles. The van der Waals surface area contributed by atoms with Crippen LogP contribution in [0.1, 0.15) is 38.9 Å². The summed E-state index contributed by atoms with van der Waals surface area (Å²) >= 11 is 1.40. The van der Waals surface area contributed by atoms with Crippen molar-refractivity contribution in [3.63, 3.8) is 0 Å². The molecule has 0 bridgehead atoms. The highest BCUT2D eigenvalue weighted by Crippen LogP contribution is 2.30. The molecule has 170 valence electrons. The van der Waals surface area contributed by atoms with Gasteiger partial charge >= 0.3 is 0 Å². The van der Waals surface area contributed by atoms with Crippen molar-refractivity contribution in [3.8, 4) is 17.1 Å². The summed E-state index contributed by atoms with van der Waals surface area (Å²) in [4.78, 5) is 12.7. The van der Waals surface area contributed by atoms with Gasteiger partial charge in [0.25, 0.3) is 0 Å². The van der Waals surface area contributed by atoms with Crippen LogP contribution in [0.2, 0.25) is 0 Å². The highest BCUT2D eigenvalue weighted by atomic mass is 32.2. The molecule has 1 amide bonds. The van der Waals surface area contributed by atoms with Crippen LogP contribution in [0.4, 0.5) is 0 Å². The largest absolute Gasteiger partial charge is 0.497 e. The van der Waals surface area contributed by atoms with E-state index < -0.39 is 0 Å². The molecule has 8 heteroatoms. The van der Waals surface area contributed by atoms with Crippen molar-refractivity contribution in [2.75, 3.05) is 12.9 Å². The maximum absolute atomic E-state index is 12.7. The normalized spacial score (nSPS) is 20.8. The number of ether oxygens (including phenoxy) is 1. The minimum atomic E-state index is 0.0412. The first kappa shape index (κ1) is 22.5. The highest BCUT2D eigenvalue weighted by Gasteiger charge is 2.28. The summed E-state index contributed by atoms with van der Waals surface area (Å²) in [6, 6.07) is 11.7. The molecule has 1 saturated carbocycles. The zero-order valence-electron chi connectivity index (χ0n) is 18.8. The SMILES string of the molecule is COc1ccc(-c2nnc(SCC(=O)NC3CCCC(C)C3C)n2Cc2ccco2)cc1. The van der Waals surface area contributed by atoms with E-state index in [1.54, 1.807) is 13.4 Å². The molecular formula is C24H30N4O3S. The maximum atomic E-state index is 12.7. The molecule has 0 spiro atoms. The van der Waals surface area contributed by atoms with E-state index in [-0.39, 0.29) is 11.9 Å². The second-order valence-electron chi connectivity index (χ2n) is 8.43. The van der Waals surface area contributed by atoms with E-state index in [1.165, 1.54) is 24.6 Å². The van der Waals surface area contributed by atoms with Crippen LogP contribution >= 0.6 is 11.8 Å². The molecule has 0 radical (unpaired) electrons. The van der Waals surface area contributed by atoms with Gasteiger partial charge in [-0.05, 0) is 54.7 Å². The summed E-state index contributed by atoms with van der Waals surface area (Å²) in [6.07, 6.45) is 5.12. The smallest absolute Gasteiger partial charge is 0.230 e. The molecule has 2 heterocycles. The molecule has 1 N–H and O–H groups in total. The fourth-order valence-electron chi connectivity index (χ4n) is 4.21. The number of hydrogen-bond acceptors (Lipinski definition) is 6. The molecule has 7 nitrogen and oxygen atoms in total. The first-order chi connectivity index (χ1) is 15.5. The number of hydrogen-bond donors (Lipinski definition) is 1. The van der Waals surface area contributed by atoms with Crippen LogP contribution in [0.25, 0.3) is 11.4 Å². The quantitative estimate of drug-likeness (QED) is 0.500. The molecule has 32 heavy (non-hydrogen) atoms. The van der Waals surface area contributed by atoms with E-state index >= 15 is 0 Å². The van der Waals surface area contributed by atoms with Gasteiger partial charge in [-0.1, -0.05) is 38.5 Å². The van der Waals surface area contributed by atoms with E-state index in [0.29, 0.717) is 29.3 Å². The summed E-state index contributed by atoms with van der Waals surface area (Å²) in [5.74, 6) is 3.80. The van der Waals surface area contributed by atoms with Gasteiger partial charge in [-0.2, -0.15) is 0 Å². The number of carbonyl (C=O) groups excluding carboxylic acids is 1. The lowest BCUT2D eigenvalue weighted by molar-refractivity contribution is -0.120. The van der Waals surface area contributed by atoms with E-state index in [0.717, 1.165) is 29.3 Å². The van der Waals surface area contributed by atoms with Crippen LogP contribution in [0, 0.1) is 11.8 Å².